The van der Waals surface area contributed by atoms with Crippen LogP contribution in [-0.4, -0.2) is 11.7 Å². The van der Waals surface area contributed by atoms with Crippen LogP contribution < -0.4 is 4.74 Å². The van der Waals surface area contributed by atoms with Crippen molar-refractivity contribution < 1.29 is 9.53 Å². The van der Waals surface area contributed by atoms with Gasteiger partial charge in [0.25, 0.3) is 0 Å². The Balaban J connectivity index is 2.58. The molecule has 0 fully saturated rings. The van der Waals surface area contributed by atoms with Crippen molar-refractivity contribution in [1.82, 2.24) is 0 Å². The molecular formula is C11H12ClNO2. The summed E-state index contributed by atoms with van der Waals surface area (Å²) in [6, 6.07) is 6.46. The largest absolute Gasteiger partial charge is 0.422 e. The number of hydrogen-bond donors (Lipinski definition) is 1. The minimum atomic E-state index is -0.598. The number of carbonyl (C=O) groups excluding carboxylic acids is 1. The lowest BCUT2D eigenvalue weighted by atomic mass is 10.2. The average Bonchev–Trinajstić information content (AvgIpc) is 2.22. The first kappa shape index (κ1) is 11.7. The fourth-order valence-electron chi connectivity index (χ4n) is 1.02. The SMILES string of the molecule is CCCC(=N)C(=O)Oc1ccc(Cl)cc1. The molecule has 80 valence electrons. The molecule has 0 aliphatic rings. The Morgan fingerprint density at radius 3 is 2.53 bits per heavy atom. The molecule has 0 aliphatic heterocycles. The van der Waals surface area contributed by atoms with Gasteiger partial charge in [0.2, 0.25) is 0 Å². The second kappa shape index (κ2) is 5.51. The maximum Gasteiger partial charge on any atom is 0.357 e. The molecule has 0 saturated heterocycles. The summed E-state index contributed by atoms with van der Waals surface area (Å²) in [6.07, 6.45) is 1.20. The van der Waals surface area contributed by atoms with Crippen LogP contribution in [0.25, 0.3) is 0 Å². The third kappa shape index (κ3) is 3.72. The summed E-state index contributed by atoms with van der Waals surface area (Å²) in [5.41, 5.74) is -0.00699. The Kier molecular flexibility index (Phi) is 4.31. The number of ether oxygens (including phenoxy) is 1. The van der Waals surface area contributed by atoms with Gasteiger partial charge in [0.1, 0.15) is 11.5 Å². The smallest absolute Gasteiger partial charge is 0.357 e. The lowest BCUT2D eigenvalue weighted by Crippen LogP contribution is -2.19. The predicted molar refractivity (Wildman–Crippen MR) is 59.7 cm³/mol. The Bertz CT molecular complexity index is 359. The number of carbonyl (C=O) groups is 1. The van der Waals surface area contributed by atoms with E-state index in [-0.39, 0.29) is 5.71 Å². The van der Waals surface area contributed by atoms with E-state index in [1.807, 2.05) is 6.92 Å². The first-order valence-electron chi connectivity index (χ1n) is 4.68. The van der Waals surface area contributed by atoms with E-state index in [0.29, 0.717) is 17.2 Å². The van der Waals surface area contributed by atoms with Gasteiger partial charge in [-0.3, -0.25) is 5.41 Å². The maximum atomic E-state index is 11.3. The van der Waals surface area contributed by atoms with Crippen molar-refractivity contribution in [2.75, 3.05) is 0 Å². The maximum absolute atomic E-state index is 11.3. The van der Waals surface area contributed by atoms with E-state index < -0.39 is 5.97 Å². The summed E-state index contributed by atoms with van der Waals surface area (Å²) < 4.78 is 4.96. The first-order valence-corrected chi connectivity index (χ1v) is 5.06. The van der Waals surface area contributed by atoms with Gasteiger partial charge in [-0.05, 0) is 30.7 Å². The number of esters is 1. The molecule has 1 N–H and O–H groups in total. The highest BCUT2D eigenvalue weighted by Gasteiger charge is 2.10. The molecule has 4 heteroatoms. The van der Waals surface area contributed by atoms with E-state index in [1.54, 1.807) is 24.3 Å². The molecule has 1 aromatic carbocycles. The first-order chi connectivity index (χ1) is 7.13. The standard InChI is InChI=1S/C11H12ClNO2/c1-2-3-10(13)11(14)15-9-6-4-8(12)5-7-9/h4-7,13H,2-3H2,1H3. The highest BCUT2D eigenvalue weighted by molar-refractivity contribution is 6.35. The van der Waals surface area contributed by atoms with Crippen molar-refractivity contribution in [2.24, 2.45) is 0 Å². The molecular weight excluding hydrogens is 214 g/mol. The van der Waals surface area contributed by atoms with Gasteiger partial charge in [0.15, 0.2) is 0 Å². The molecule has 0 radical (unpaired) electrons. The summed E-state index contributed by atoms with van der Waals surface area (Å²) in [6.45, 7) is 1.91. The molecule has 0 bridgehead atoms. The predicted octanol–water partition coefficient (Wildman–Crippen LogP) is 3.07. The van der Waals surface area contributed by atoms with Crippen LogP contribution in [0.5, 0.6) is 5.75 Å². The van der Waals surface area contributed by atoms with Crippen LogP contribution in [0.3, 0.4) is 0 Å². The molecule has 3 nitrogen and oxygen atoms in total. The van der Waals surface area contributed by atoms with Crippen LogP contribution in [-0.2, 0) is 4.79 Å². The molecule has 0 aliphatic carbocycles. The lowest BCUT2D eigenvalue weighted by molar-refractivity contribution is -0.127. The summed E-state index contributed by atoms with van der Waals surface area (Å²) >= 11 is 5.68. The Hall–Kier alpha value is -1.35. The van der Waals surface area contributed by atoms with Crippen LogP contribution in [0, 0.1) is 5.41 Å². The molecule has 1 aromatic rings. The van der Waals surface area contributed by atoms with Gasteiger partial charge in [0.05, 0.1) is 0 Å². The van der Waals surface area contributed by atoms with Crippen molar-refractivity contribution >= 4 is 23.3 Å². The molecule has 0 aromatic heterocycles. The van der Waals surface area contributed by atoms with Gasteiger partial charge < -0.3 is 4.74 Å². The van der Waals surface area contributed by atoms with E-state index in [9.17, 15) is 4.79 Å². The monoisotopic (exact) mass is 225 g/mol. The van der Waals surface area contributed by atoms with Gasteiger partial charge in [-0.25, -0.2) is 4.79 Å². The minimum Gasteiger partial charge on any atom is -0.422 e. The van der Waals surface area contributed by atoms with Crippen LogP contribution in [0.4, 0.5) is 0 Å². The van der Waals surface area contributed by atoms with Gasteiger partial charge in [-0.1, -0.05) is 24.9 Å². The van der Waals surface area contributed by atoms with E-state index in [4.69, 9.17) is 21.7 Å². The molecule has 0 heterocycles. The number of hydrogen-bond acceptors (Lipinski definition) is 3. The second-order valence-corrected chi connectivity index (χ2v) is 3.51. The zero-order chi connectivity index (χ0) is 11.3. The highest BCUT2D eigenvalue weighted by atomic mass is 35.5. The average molecular weight is 226 g/mol. The lowest BCUT2D eigenvalue weighted by Gasteiger charge is -2.04. The topological polar surface area (TPSA) is 50.2 Å². The van der Waals surface area contributed by atoms with Crippen LogP contribution in [0.1, 0.15) is 19.8 Å². The van der Waals surface area contributed by atoms with Gasteiger partial charge in [0, 0.05) is 5.02 Å². The van der Waals surface area contributed by atoms with E-state index in [1.165, 1.54) is 0 Å². The molecule has 0 saturated carbocycles. The van der Waals surface area contributed by atoms with Crippen molar-refractivity contribution in [3.05, 3.63) is 29.3 Å². The zero-order valence-electron chi connectivity index (χ0n) is 8.42. The highest BCUT2D eigenvalue weighted by Crippen LogP contribution is 2.15. The Morgan fingerprint density at radius 1 is 1.40 bits per heavy atom. The second-order valence-electron chi connectivity index (χ2n) is 3.07. The van der Waals surface area contributed by atoms with Crippen molar-refractivity contribution in [3.8, 4) is 5.75 Å². The fraction of sp³-hybridized carbons (Fsp3) is 0.273. The number of rotatable bonds is 4. The third-order valence-corrected chi connectivity index (χ3v) is 2.02. The molecule has 0 unspecified atom stereocenters. The van der Waals surface area contributed by atoms with E-state index in [0.717, 1.165) is 6.42 Å². The van der Waals surface area contributed by atoms with E-state index in [2.05, 4.69) is 0 Å². The zero-order valence-corrected chi connectivity index (χ0v) is 9.17. The van der Waals surface area contributed by atoms with E-state index >= 15 is 0 Å². The molecule has 0 atom stereocenters. The number of nitrogens with one attached hydrogen (secondary N) is 1. The van der Waals surface area contributed by atoms with Crippen molar-refractivity contribution in [1.29, 1.82) is 5.41 Å². The summed E-state index contributed by atoms with van der Waals surface area (Å²) in [5, 5.41) is 7.97. The summed E-state index contributed by atoms with van der Waals surface area (Å²) in [5.74, 6) is -0.190. The van der Waals surface area contributed by atoms with Crippen LogP contribution >= 0.6 is 11.6 Å². The van der Waals surface area contributed by atoms with Crippen LogP contribution in [0.2, 0.25) is 5.02 Å². The molecule has 0 spiro atoms. The number of halogens is 1. The van der Waals surface area contributed by atoms with Gasteiger partial charge in [-0.2, -0.15) is 0 Å². The normalized spacial score (nSPS) is 9.73. The van der Waals surface area contributed by atoms with Gasteiger partial charge >= 0.3 is 5.97 Å². The molecule has 15 heavy (non-hydrogen) atoms. The summed E-state index contributed by atoms with van der Waals surface area (Å²) in [4.78, 5) is 11.3. The quantitative estimate of drug-likeness (QED) is 0.486. The molecule has 0 amide bonds. The van der Waals surface area contributed by atoms with Crippen molar-refractivity contribution in [2.45, 2.75) is 19.8 Å². The van der Waals surface area contributed by atoms with Crippen molar-refractivity contribution in [3.63, 3.8) is 0 Å². The third-order valence-electron chi connectivity index (χ3n) is 1.77. The minimum absolute atomic E-state index is 0.00699. The fourth-order valence-corrected chi connectivity index (χ4v) is 1.15. The summed E-state index contributed by atoms with van der Waals surface area (Å²) in [7, 11) is 0. The Labute approximate surface area is 93.5 Å². The van der Waals surface area contributed by atoms with Crippen LogP contribution in [0.15, 0.2) is 24.3 Å². The Morgan fingerprint density at radius 2 is 2.00 bits per heavy atom. The molecule has 1 rings (SSSR count). The van der Waals surface area contributed by atoms with Gasteiger partial charge in [-0.15, -0.1) is 0 Å². The number of benzene rings is 1.